The van der Waals surface area contributed by atoms with E-state index in [1.807, 2.05) is 44.4 Å². The number of aromatic nitrogens is 6. The zero-order valence-corrected chi connectivity index (χ0v) is 24.9. The molecule has 4 aromatic heterocycles. The number of benzene rings is 2. The second kappa shape index (κ2) is 11.6. The van der Waals surface area contributed by atoms with Crippen LogP contribution in [0.5, 0.6) is 0 Å². The third kappa shape index (κ3) is 6.11. The smallest absolute Gasteiger partial charge is 0.261 e. The monoisotopic (exact) mass is 611 g/mol. The summed E-state index contributed by atoms with van der Waals surface area (Å²) in [4.78, 5) is 20.9. The molecule has 7 rings (SSSR count). The van der Waals surface area contributed by atoms with E-state index in [9.17, 15) is 13.2 Å². The molecule has 230 valence electrons. The molecule has 1 aliphatic heterocycles. The average Bonchev–Trinajstić information content (AvgIpc) is 3.72. The minimum Gasteiger partial charge on any atom is -0.384 e. The zero-order chi connectivity index (χ0) is 31.1. The van der Waals surface area contributed by atoms with E-state index in [0.29, 0.717) is 59.0 Å². The van der Waals surface area contributed by atoms with Crippen LogP contribution in [0.15, 0.2) is 67.3 Å². The molecule has 0 radical (unpaired) electrons. The van der Waals surface area contributed by atoms with Gasteiger partial charge >= 0.3 is 0 Å². The molecule has 1 aliphatic rings. The van der Waals surface area contributed by atoms with Crippen molar-refractivity contribution in [3.05, 3.63) is 78.6 Å². The highest BCUT2D eigenvalue weighted by molar-refractivity contribution is 5.98. The molecule has 3 N–H and O–H groups in total. The van der Waals surface area contributed by atoms with Crippen molar-refractivity contribution in [2.45, 2.75) is 18.9 Å². The van der Waals surface area contributed by atoms with Gasteiger partial charge in [0.15, 0.2) is 5.82 Å². The number of halogens is 3. The average molecular weight is 612 g/mol. The number of alkyl halides is 2. The maximum atomic E-state index is 14.7. The van der Waals surface area contributed by atoms with E-state index >= 15 is 0 Å². The fourth-order valence-corrected chi connectivity index (χ4v) is 5.83. The molecule has 0 amide bonds. The van der Waals surface area contributed by atoms with E-state index in [0.717, 1.165) is 34.1 Å². The highest BCUT2D eigenvalue weighted by Crippen LogP contribution is 2.34. The fraction of sp³-hybridized carbons (Fsp3) is 0.273. The van der Waals surface area contributed by atoms with E-state index < -0.39 is 5.92 Å². The Labute approximate surface area is 257 Å². The molecule has 0 unspecified atom stereocenters. The van der Waals surface area contributed by atoms with Gasteiger partial charge in [0.2, 0.25) is 0 Å². The number of anilines is 1. The number of likely N-dealkylation sites (tertiary alicyclic amines) is 1. The van der Waals surface area contributed by atoms with Gasteiger partial charge in [-0.1, -0.05) is 6.07 Å². The first-order valence-corrected chi connectivity index (χ1v) is 14.8. The third-order valence-electron chi connectivity index (χ3n) is 8.06. The number of aromatic amines is 2. The lowest BCUT2D eigenvalue weighted by molar-refractivity contribution is 0.0115. The van der Waals surface area contributed by atoms with E-state index in [2.05, 4.69) is 35.4 Å². The summed E-state index contributed by atoms with van der Waals surface area (Å²) in [5.41, 5.74) is 7.53. The van der Waals surface area contributed by atoms with Crippen molar-refractivity contribution in [3.63, 3.8) is 0 Å². The summed E-state index contributed by atoms with van der Waals surface area (Å²) in [7, 11) is 3.98. The standard InChI is InChI=1S/C33H32F3N9/c1-44(2)8-6-39-25-11-22(10-24(34)13-25)27-16-38-17-29-30(27)41-32(40-29)31-26-12-21(3-4-28(26)42-43-31)23-9-20(14-37-15-23)18-45-7-5-33(35,36)19-45/h3-4,9-17,39H,5-8,18-19H2,1-2H3,(H,40,41)(H,42,43). The van der Waals surface area contributed by atoms with Crippen molar-refractivity contribution < 1.29 is 13.2 Å². The molecular formula is C33H32F3N9. The largest absolute Gasteiger partial charge is 0.384 e. The summed E-state index contributed by atoms with van der Waals surface area (Å²) in [6, 6.07) is 12.8. The molecule has 2 aromatic carbocycles. The Hall–Kier alpha value is -4.81. The van der Waals surface area contributed by atoms with E-state index in [1.54, 1.807) is 29.7 Å². The number of hydrogen-bond donors (Lipinski definition) is 3. The lowest BCUT2D eigenvalue weighted by Gasteiger charge is -2.15. The van der Waals surface area contributed by atoms with Crippen LogP contribution in [0, 0.1) is 5.82 Å². The van der Waals surface area contributed by atoms with E-state index in [4.69, 9.17) is 4.98 Å². The minimum absolute atomic E-state index is 0.114. The van der Waals surface area contributed by atoms with Crippen LogP contribution >= 0.6 is 0 Å². The Morgan fingerprint density at radius 1 is 0.956 bits per heavy atom. The summed E-state index contributed by atoms with van der Waals surface area (Å²) in [5.74, 6) is -2.44. The first kappa shape index (κ1) is 28.9. The van der Waals surface area contributed by atoms with Crippen LogP contribution in [0.2, 0.25) is 0 Å². The summed E-state index contributed by atoms with van der Waals surface area (Å²) < 4.78 is 42.1. The Kier molecular flexibility index (Phi) is 7.46. The van der Waals surface area contributed by atoms with Gasteiger partial charge < -0.3 is 15.2 Å². The van der Waals surface area contributed by atoms with Crippen molar-refractivity contribution >= 4 is 27.6 Å². The van der Waals surface area contributed by atoms with Gasteiger partial charge in [-0.2, -0.15) is 5.10 Å². The summed E-state index contributed by atoms with van der Waals surface area (Å²) in [5, 5.41) is 11.8. The predicted molar refractivity (Wildman–Crippen MR) is 169 cm³/mol. The van der Waals surface area contributed by atoms with Crippen molar-refractivity contribution in [3.8, 4) is 33.8 Å². The maximum Gasteiger partial charge on any atom is 0.261 e. The fourth-order valence-electron chi connectivity index (χ4n) is 5.83. The number of imidazole rings is 1. The molecule has 9 nitrogen and oxygen atoms in total. The van der Waals surface area contributed by atoms with E-state index in [1.165, 1.54) is 12.1 Å². The first-order chi connectivity index (χ1) is 21.7. The molecule has 1 saturated heterocycles. The lowest BCUT2D eigenvalue weighted by atomic mass is 10.0. The molecule has 0 atom stereocenters. The number of rotatable bonds is 9. The second-order valence-corrected chi connectivity index (χ2v) is 11.9. The SMILES string of the molecule is CN(C)CCNc1cc(F)cc(-c2cncc3[nH]c(-c4n[nH]c5ccc(-c6cncc(CN7CCC(F)(F)C7)c6)cc45)nc23)c1. The Morgan fingerprint density at radius 2 is 1.82 bits per heavy atom. The summed E-state index contributed by atoms with van der Waals surface area (Å²) in [6.07, 6.45) is 6.76. The molecule has 0 spiro atoms. The third-order valence-corrected chi connectivity index (χ3v) is 8.06. The van der Waals surface area contributed by atoms with Crippen LogP contribution in [-0.4, -0.2) is 86.1 Å². The number of nitrogens with one attached hydrogen (secondary N) is 3. The second-order valence-electron chi connectivity index (χ2n) is 11.9. The number of H-pyrrole nitrogens is 2. The first-order valence-electron chi connectivity index (χ1n) is 14.8. The van der Waals surface area contributed by atoms with E-state index in [-0.39, 0.29) is 18.8 Å². The van der Waals surface area contributed by atoms with Crippen LogP contribution in [0.1, 0.15) is 12.0 Å². The summed E-state index contributed by atoms with van der Waals surface area (Å²) in [6.45, 7) is 2.04. The Balaban J connectivity index is 1.20. The summed E-state index contributed by atoms with van der Waals surface area (Å²) >= 11 is 0. The highest BCUT2D eigenvalue weighted by atomic mass is 19.3. The minimum atomic E-state index is -2.63. The Bertz CT molecular complexity index is 2000. The molecule has 12 heteroatoms. The molecule has 0 bridgehead atoms. The topological polar surface area (TPSA) is 102 Å². The molecule has 6 aromatic rings. The Morgan fingerprint density at radius 3 is 2.64 bits per heavy atom. The van der Waals surface area contributed by atoms with Gasteiger partial charge in [0.25, 0.3) is 5.92 Å². The molecular weight excluding hydrogens is 579 g/mol. The zero-order valence-electron chi connectivity index (χ0n) is 24.9. The molecule has 1 fully saturated rings. The van der Waals surface area contributed by atoms with Gasteiger partial charge in [0.1, 0.15) is 11.5 Å². The molecule has 0 aliphatic carbocycles. The maximum absolute atomic E-state index is 14.7. The van der Waals surface area contributed by atoms with Crippen LogP contribution in [0.25, 0.3) is 55.7 Å². The number of hydrogen-bond acceptors (Lipinski definition) is 7. The van der Waals surface area contributed by atoms with Gasteiger partial charge in [-0.25, -0.2) is 18.2 Å². The highest BCUT2D eigenvalue weighted by Gasteiger charge is 2.37. The van der Waals surface area contributed by atoms with Crippen molar-refractivity contribution in [2.75, 3.05) is 45.6 Å². The number of nitrogens with zero attached hydrogens (tertiary/aromatic N) is 6. The van der Waals surface area contributed by atoms with Crippen molar-refractivity contribution in [2.24, 2.45) is 0 Å². The number of likely N-dealkylation sites (N-methyl/N-ethyl adjacent to an activating group) is 1. The molecule has 0 saturated carbocycles. The number of pyridine rings is 2. The van der Waals surface area contributed by atoms with Crippen molar-refractivity contribution in [1.29, 1.82) is 0 Å². The van der Waals surface area contributed by atoms with Crippen LogP contribution in [-0.2, 0) is 6.54 Å². The predicted octanol–water partition coefficient (Wildman–Crippen LogP) is 6.18. The van der Waals surface area contributed by atoms with Crippen molar-refractivity contribution in [1.82, 2.24) is 39.9 Å². The molecule has 5 heterocycles. The van der Waals surface area contributed by atoms with Gasteiger partial charge in [0, 0.05) is 73.4 Å². The number of fused-ring (bicyclic) bond motifs is 2. The quantitative estimate of drug-likeness (QED) is 0.179. The normalized spacial score (nSPS) is 15.1. The van der Waals surface area contributed by atoms with Crippen LogP contribution < -0.4 is 5.32 Å². The van der Waals surface area contributed by atoms with Gasteiger partial charge in [-0.3, -0.25) is 20.0 Å². The van der Waals surface area contributed by atoms with Gasteiger partial charge in [-0.15, -0.1) is 0 Å². The molecule has 45 heavy (non-hydrogen) atoms. The van der Waals surface area contributed by atoms with Gasteiger partial charge in [-0.05, 0) is 67.2 Å². The lowest BCUT2D eigenvalue weighted by Crippen LogP contribution is -2.24. The van der Waals surface area contributed by atoms with Crippen LogP contribution in [0.3, 0.4) is 0 Å². The van der Waals surface area contributed by atoms with Crippen LogP contribution in [0.4, 0.5) is 18.9 Å². The van der Waals surface area contributed by atoms with Gasteiger partial charge in [0.05, 0.1) is 29.3 Å².